The third-order valence-electron chi connectivity index (χ3n) is 4.31. The fourth-order valence-corrected chi connectivity index (χ4v) is 2.92. The largest absolute Gasteiger partial charge is 0.367 e. The van der Waals surface area contributed by atoms with Crippen LogP contribution in [0.25, 0.3) is 0 Å². The van der Waals surface area contributed by atoms with Crippen molar-refractivity contribution in [3.63, 3.8) is 0 Å². The highest BCUT2D eigenvalue weighted by molar-refractivity contribution is 5.29. The smallest absolute Gasteiger partial charge is 0.0470 e. The van der Waals surface area contributed by atoms with Crippen molar-refractivity contribution in [2.45, 2.75) is 25.9 Å². The maximum atomic E-state index is 2.50. The molecule has 2 aliphatic rings. The van der Waals surface area contributed by atoms with E-state index in [0.29, 0.717) is 5.54 Å². The van der Waals surface area contributed by atoms with Gasteiger partial charge in [0.2, 0.25) is 0 Å². The number of nitrogens with zero attached hydrogens (tertiary/aromatic N) is 1. The number of hydrogen-bond acceptors (Lipinski definition) is 1. The zero-order valence-corrected chi connectivity index (χ0v) is 9.35. The van der Waals surface area contributed by atoms with Gasteiger partial charge in [-0.15, -0.1) is 0 Å². The van der Waals surface area contributed by atoms with Gasteiger partial charge < -0.3 is 4.90 Å². The number of hydrogen-bond donors (Lipinski definition) is 0. The van der Waals surface area contributed by atoms with Gasteiger partial charge in [-0.05, 0) is 24.6 Å². The molecular weight excluding hydrogens is 182 g/mol. The Kier molecular flexibility index (Phi) is 1.73. The van der Waals surface area contributed by atoms with Gasteiger partial charge >= 0.3 is 0 Å². The number of fused-ring (bicyclic) bond motifs is 1. The second-order valence-corrected chi connectivity index (χ2v) is 5.00. The Balaban J connectivity index is 1.78. The van der Waals surface area contributed by atoms with E-state index in [1.165, 1.54) is 5.56 Å². The minimum absolute atomic E-state index is 0.413. The second kappa shape index (κ2) is 2.88. The summed E-state index contributed by atoms with van der Waals surface area (Å²) in [5.74, 6) is 1.62. The molecule has 78 valence electrons. The lowest BCUT2D eigenvalue weighted by Gasteiger charge is -2.26. The van der Waals surface area contributed by atoms with Gasteiger partial charge in [0.05, 0.1) is 0 Å². The first-order valence-electron chi connectivity index (χ1n) is 5.72. The summed E-state index contributed by atoms with van der Waals surface area (Å²) in [4.78, 5) is 2.50. The highest BCUT2D eigenvalue weighted by Gasteiger charge is 2.62. The van der Waals surface area contributed by atoms with Crippen molar-refractivity contribution in [1.82, 2.24) is 4.90 Å². The predicted molar refractivity (Wildman–Crippen MR) is 62.2 cm³/mol. The topological polar surface area (TPSA) is 3.24 Å². The van der Waals surface area contributed by atoms with Gasteiger partial charge in [0, 0.05) is 18.0 Å². The third-order valence-corrected chi connectivity index (χ3v) is 4.31. The molecule has 0 spiro atoms. The van der Waals surface area contributed by atoms with Crippen LogP contribution in [-0.4, -0.2) is 10.4 Å². The van der Waals surface area contributed by atoms with Crippen LogP contribution < -0.4 is 0 Å². The number of rotatable bonds is 2. The minimum Gasteiger partial charge on any atom is -0.367 e. The molecule has 1 aliphatic carbocycles. The fraction of sp³-hybridized carbons (Fsp3) is 0.429. The van der Waals surface area contributed by atoms with Crippen LogP contribution in [0.1, 0.15) is 19.4 Å². The molecule has 1 aliphatic heterocycles. The van der Waals surface area contributed by atoms with Crippen LogP contribution in [0.2, 0.25) is 0 Å². The van der Waals surface area contributed by atoms with E-state index in [1.807, 2.05) is 0 Å². The van der Waals surface area contributed by atoms with E-state index >= 15 is 0 Å². The number of benzene rings is 1. The van der Waals surface area contributed by atoms with E-state index in [2.05, 4.69) is 61.4 Å². The molecule has 0 amide bonds. The van der Waals surface area contributed by atoms with E-state index < -0.39 is 0 Å². The van der Waals surface area contributed by atoms with Crippen molar-refractivity contribution >= 4 is 0 Å². The maximum Gasteiger partial charge on any atom is 0.0470 e. The molecule has 1 aromatic carbocycles. The average molecular weight is 199 g/mol. The second-order valence-electron chi connectivity index (χ2n) is 5.00. The summed E-state index contributed by atoms with van der Waals surface area (Å²) in [5, 5.41) is 0. The first-order valence-corrected chi connectivity index (χ1v) is 5.72. The standard InChI is InChI=1S/C14H17N/c1-11-13-8-9-15(14(11,13)2)10-12-6-4-3-5-7-12/h3-9,11,13H,10H2,1-2H3/t11?,13-,14?/m1/s1. The molecule has 3 rings (SSSR count). The quantitative estimate of drug-likeness (QED) is 0.707. The van der Waals surface area contributed by atoms with E-state index in [1.54, 1.807) is 0 Å². The van der Waals surface area contributed by atoms with Crippen molar-refractivity contribution in [1.29, 1.82) is 0 Å². The van der Waals surface area contributed by atoms with E-state index in [0.717, 1.165) is 18.4 Å². The molecule has 1 nitrogen and oxygen atoms in total. The van der Waals surface area contributed by atoms with Gasteiger partial charge in [-0.1, -0.05) is 43.3 Å². The lowest BCUT2D eigenvalue weighted by molar-refractivity contribution is 0.255. The van der Waals surface area contributed by atoms with Crippen LogP contribution in [0.5, 0.6) is 0 Å². The lowest BCUT2D eigenvalue weighted by Crippen LogP contribution is -2.29. The van der Waals surface area contributed by atoms with Crippen molar-refractivity contribution in [3.8, 4) is 0 Å². The van der Waals surface area contributed by atoms with Crippen LogP contribution >= 0.6 is 0 Å². The molecule has 2 unspecified atom stereocenters. The molecule has 0 saturated heterocycles. The van der Waals surface area contributed by atoms with Gasteiger partial charge in [-0.2, -0.15) is 0 Å². The zero-order valence-electron chi connectivity index (χ0n) is 9.35. The highest BCUT2D eigenvalue weighted by atomic mass is 15.3. The molecular formula is C14H17N. The van der Waals surface area contributed by atoms with Crippen LogP contribution in [-0.2, 0) is 6.54 Å². The molecule has 15 heavy (non-hydrogen) atoms. The molecule has 1 aromatic rings. The first kappa shape index (κ1) is 9.02. The summed E-state index contributed by atoms with van der Waals surface area (Å²) in [6.45, 7) is 5.78. The SMILES string of the molecule is CC1[C@H]2C=CN(Cc3ccccc3)C12C. The van der Waals surface area contributed by atoms with Crippen molar-refractivity contribution in [3.05, 3.63) is 48.2 Å². The van der Waals surface area contributed by atoms with Crippen LogP contribution in [0, 0.1) is 11.8 Å². The molecule has 3 atom stereocenters. The highest BCUT2D eigenvalue weighted by Crippen LogP contribution is 2.59. The normalized spacial score (nSPS) is 36.8. The van der Waals surface area contributed by atoms with Crippen LogP contribution in [0.15, 0.2) is 42.6 Å². The monoisotopic (exact) mass is 199 g/mol. The molecule has 1 fully saturated rings. The predicted octanol–water partition coefficient (Wildman–Crippen LogP) is 3.04. The van der Waals surface area contributed by atoms with E-state index in [4.69, 9.17) is 0 Å². The lowest BCUT2D eigenvalue weighted by atomic mass is 10.1. The Morgan fingerprint density at radius 2 is 2.00 bits per heavy atom. The van der Waals surface area contributed by atoms with Crippen LogP contribution in [0.3, 0.4) is 0 Å². The summed E-state index contributed by atoms with van der Waals surface area (Å²) in [6, 6.07) is 10.7. The zero-order chi connectivity index (χ0) is 10.5. The van der Waals surface area contributed by atoms with E-state index in [-0.39, 0.29) is 0 Å². The van der Waals surface area contributed by atoms with Crippen molar-refractivity contribution < 1.29 is 0 Å². The summed E-state index contributed by atoms with van der Waals surface area (Å²) in [7, 11) is 0. The fourth-order valence-electron chi connectivity index (χ4n) is 2.92. The minimum atomic E-state index is 0.413. The Hall–Kier alpha value is -1.24. The Labute approximate surface area is 91.4 Å². The molecule has 0 aromatic heterocycles. The Bertz CT molecular complexity index is 395. The van der Waals surface area contributed by atoms with Crippen molar-refractivity contribution in [2.24, 2.45) is 11.8 Å². The summed E-state index contributed by atoms with van der Waals surface area (Å²) >= 11 is 0. The first-order chi connectivity index (χ1) is 7.23. The summed E-state index contributed by atoms with van der Waals surface area (Å²) < 4.78 is 0. The molecule has 1 heteroatoms. The van der Waals surface area contributed by atoms with Gasteiger partial charge in [0.1, 0.15) is 0 Å². The van der Waals surface area contributed by atoms with E-state index in [9.17, 15) is 0 Å². The molecule has 0 bridgehead atoms. The molecule has 1 saturated carbocycles. The molecule has 1 heterocycles. The molecule has 0 radical (unpaired) electrons. The average Bonchev–Trinajstić information content (AvgIpc) is 2.63. The summed E-state index contributed by atoms with van der Waals surface area (Å²) in [5.41, 5.74) is 1.82. The van der Waals surface area contributed by atoms with Gasteiger partial charge in [0.15, 0.2) is 0 Å². The van der Waals surface area contributed by atoms with Gasteiger partial charge in [0.25, 0.3) is 0 Å². The molecule has 0 N–H and O–H groups in total. The maximum absolute atomic E-state index is 2.50. The Morgan fingerprint density at radius 3 is 2.60 bits per heavy atom. The van der Waals surface area contributed by atoms with Gasteiger partial charge in [-0.25, -0.2) is 0 Å². The Morgan fingerprint density at radius 1 is 1.27 bits per heavy atom. The third kappa shape index (κ3) is 1.16. The summed E-state index contributed by atoms with van der Waals surface area (Å²) in [6.07, 6.45) is 4.64. The van der Waals surface area contributed by atoms with Crippen LogP contribution in [0.4, 0.5) is 0 Å². The van der Waals surface area contributed by atoms with Crippen molar-refractivity contribution in [2.75, 3.05) is 0 Å². The van der Waals surface area contributed by atoms with Gasteiger partial charge in [-0.3, -0.25) is 0 Å².